The van der Waals surface area contributed by atoms with Crippen molar-refractivity contribution in [2.45, 2.75) is 12.6 Å². The van der Waals surface area contributed by atoms with E-state index < -0.39 is 0 Å². The monoisotopic (exact) mass is 259 g/mol. The topological polar surface area (TPSA) is 40.4 Å². The summed E-state index contributed by atoms with van der Waals surface area (Å²) in [6.45, 7) is 5.54. The molecular formula is C15H21N3O. The molecule has 3 rings (SSSR count). The van der Waals surface area contributed by atoms with Gasteiger partial charge in [0.05, 0.1) is 6.10 Å². The van der Waals surface area contributed by atoms with Crippen molar-refractivity contribution in [1.82, 2.24) is 14.8 Å². The van der Waals surface area contributed by atoms with Crippen LogP contribution in [0.5, 0.6) is 0 Å². The van der Waals surface area contributed by atoms with Crippen LogP contribution in [0.15, 0.2) is 36.5 Å². The van der Waals surface area contributed by atoms with E-state index in [-0.39, 0.29) is 6.10 Å². The smallest absolute Gasteiger partial charge is 0.0845 e. The normalized spacial score (nSPS) is 18.8. The van der Waals surface area contributed by atoms with Crippen molar-refractivity contribution in [2.75, 3.05) is 32.7 Å². The maximum atomic E-state index is 10.2. The lowest BCUT2D eigenvalue weighted by atomic mass is 10.2. The number of nitrogens with zero attached hydrogens (tertiary/aromatic N) is 2. The Kier molecular flexibility index (Phi) is 3.82. The van der Waals surface area contributed by atoms with Crippen molar-refractivity contribution in [3.05, 3.63) is 36.5 Å². The van der Waals surface area contributed by atoms with Gasteiger partial charge in [-0.1, -0.05) is 18.2 Å². The second kappa shape index (κ2) is 5.74. The predicted octanol–water partition coefficient (Wildman–Crippen LogP) is 0.907. The van der Waals surface area contributed by atoms with Gasteiger partial charge in [-0.25, -0.2) is 0 Å². The highest BCUT2D eigenvalue weighted by molar-refractivity contribution is 5.79. The molecule has 0 bridgehead atoms. The van der Waals surface area contributed by atoms with Gasteiger partial charge in [-0.15, -0.1) is 0 Å². The minimum absolute atomic E-state index is 0.311. The standard InChI is InChI=1S/C15H21N3O/c19-14(11-17-9-6-16-7-10-17)12-18-8-5-13-3-1-2-4-15(13)18/h1-5,8,14,16,19H,6-7,9-12H2/t14-/m1/s1. The molecule has 1 aromatic heterocycles. The molecule has 1 aliphatic rings. The molecule has 0 aliphatic carbocycles. The van der Waals surface area contributed by atoms with E-state index in [1.165, 1.54) is 10.9 Å². The summed E-state index contributed by atoms with van der Waals surface area (Å²) in [5.74, 6) is 0. The van der Waals surface area contributed by atoms with E-state index in [4.69, 9.17) is 0 Å². The van der Waals surface area contributed by atoms with Gasteiger partial charge >= 0.3 is 0 Å². The van der Waals surface area contributed by atoms with Crippen LogP contribution >= 0.6 is 0 Å². The minimum Gasteiger partial charge on any atom is -0.390 e. The summed E-state index contributed by atoms with van der Waals surface area (Å²) in [7, 11) is 0. The summed E-state index contributed by atoms with van der Waals surface area (Å²) in [5, 5.41) is 14.8. The fourth-order valence-corrected chi connectivity index (χ4v) is 2.78. The van der Waals surface area contributed by atoms with Crippen LogP contribution < -0.4 is 5.32 Å². The second-order valence-corrected chi connectivity index (χ2v) is 5.23. The fourth-order valence-electron chi connectivity index (χ4n) is 2.78. The van der Waals surface area contributed by atoms with Gasteiger partial charge in [-0.05, 0) is 17.5 Å². The van der Waals surface area contributed by atoms with E-state index in [9.17, 15) is 5.11 Å². The van der Waals surface area contributed by atoms with Gasteiger partial charge in [0.25, 0.3) is 0 Å². The molecule has 0 unspecified atom stereocenters. The van der Waals surface area contributed by atoms with Crippen molar-refractivity contribution in [1.29, 1.82) is 0 Å². The number of benzene rings is 1. The van der Waals surface area contributed by atoms with E-state index >= 15 is 0 Å². The summed E-state index contributed by atoms with van der Waals surface area (Å²) in [6, 6.07) is 10.4. The number of rotatable bonds is 4. The molecule has 1 atom stereocenters. The zero-order valence-corrected chi connectivity index (χ0v) is 11.1. The number of aliphatic hydroxyl groups excluding tert-OH is 1. The molecule has 19 heavy (non-hydrogen) atoms. The highest BCUT2D eigenvalue weighted by Crippen LogP contribution is 2.15. The summed E-state index contributed by atoms with van der Waals surface area (Å²) < 4.78 is 2.14. The van der Waals surface area contributed by atoms with Crippen LogP contribution in [0.25, 0.3) is 10.9 Å². The van der Waals surface area contributed by atoms with Gasteiger partial charge in [0.2, 0.25) is 0 Å². The molecule has 2 aromatic rings. The Balaban J connectivity index is 1.63. The molecule has 1 aromatic carbocycles. The molecule has 102 valence electrons. The van der Waals surface area contributed by atoms with Crippen LogP contribution in [-0.2, 0) is 6.54 Å². The minimum atomic E-state index is -0.311. The third-order valence-corrected chi connectivity index (χ3v) is 3.77. The van der Waals surface area contributed by atoms with E-state index in [1.807, 2.05) is 12.1 Å². The Morgan fingerprint density at radius 1 is 1.11 bits per heavy atom. The molecule has 0 saturated carbocycles. The highest BCUT2D eigenvalue weighted by Gasteiger charge is 2.15. The quantitative estimate of drug-likeness (QED) is 0.857. The number of aliphatic hydroxyl groups is 1. The Hall–Kier alpha value is -1.36. The number of β-amino-alcohol motifs (C(OH)–C–C–N with tert-alkyl or cyclic N) is 1. The molecular weight excluding hydrogens is 238 g/mol. The molecule has 4 nitrogen and oxygen atoms in total. The summed E-state index contributed by atoms with van der Waals surface area (Å²) >= 11 is 0. The molecule has 1 aliphatic heterocycles. The van der Waals surface area contributed by atoms with E-state index in [0.29, 0.717) is 6.54 Å². The van der Waals surface area contributed by atoms with Crippen molar-refractivity contribution < 1.29 is 5.11 Å². The number of fused-ring (bicyclic) bond motifs is 1. The first kappa shape index (κ1) is 12.7. The van der Waals surface area contributed by atoms with Gasteiger partial charge < -0.3 is 15.0 Å². The number of para-hydroxylation sites is 1. The van der Waals surface area contributed by atoms with E-state index in [2.05, 4.69) is 39.2 Å². The van der Waals surface area contributed by atoms with E-state index in [1.54, 1.807) is 0 Å². The van der Waals surface area contributed by atoms with Crippen molar-refractivity contribution >= 4 is 10.9 Å². The van der Waals surface area contributed by atoms with Crippen LogP contribution in [0.4, 0.5) is 0 Å². The fraction of sp³-hybridized carbons (Fsp3) is 0.467. The second-order valence-electron chi connectivity index (χ2n) is 5.23. The zero-order valence-electron chi connectivity index (χ0n) is 11.1. The number of nitrogens with one attached hydrogen (secondary N) is 1. The van der Waals surface area contributed by atoms with E-state index in [0.717, 1.165) is 32.7 Å². The van der Waals surface area contributed by atoms with Gasteiger partial charge in [-0.2, -0.15) is 0 Å². The largest absolute Gasteiger partial charge is 0.390 e. The summed E-state index contributed by atoms with van der Waals surface area (Å²) in [4.78, 5) is 2.33. The number of aromatic nitrogens is 1. The Morgan fingerprint density at radius 3 is 2.74 bits per heavy atom. The third-order valence-electron chi connectivity index (χ3n) is 3.77. The lowest BCUT2D eigenvalue weighted by Gasteiger charge is -2.29. The first-order valence-corrected chi connectivity index (χ1v) is 6.98. The zero-order chi connectivity index (χ0) is 13.1. The molecule has 4 heteroatoms. The van der Waals surface area contributed by atoms with Crippen molar-refractivity contribution in [3.63, 3.8) is 0 Å². The lowest BCUT2D eigenvalue weighted by molar-refractivity contribution is 0.0927. The molecule has 2 heterocycles. The van der Waals surface area contributed by atoms with Crippen LogP contribution in [0.2, 0.25) is 0 Å². The number of piperazine rings is 1. The average Bonchev–Trinajstić information content (AvgIpc) is 2.83. The molecule has 0 radical (unpaired) electrons. The maximum absolute atomic E-state index is 10.2. The SMILES string of the molecule is O[C@H](CN1CCNCC1)Cn1ccc2ccccc21. The number of hydrogen-bond donors (Lipinski definition) is 2. The molecule has 2 N–H and O–H groups in total. The van der Waals surface area contributed by atoms with Crippen LogP contribution in [0, 0.1) is 0 Å². The molecule has 0 amide bonds. The predicted molar refractivity (Wildman–Crippen MR) is 77.3 cm³/mol. The van der Waals surface area contributed by atoms with Crippen LogP contribution in [0.3, 0.4) is 0 Å². The first-order chi connectivity index (χ1) is 9.33. The van der Waals surface area contributed by atoms with Crippen molar-refractivity contribution in [2.24, 2.45) is 0 Å². The van der Waals surface area contributed by atoms with Crippen molar-refractivity contribution in [3.8, 4) is 0 Å². The lowest BCUT2D eigenvalue weighted by Crippen LogP contribution is -2.46. The van der Waals surface area contributed by atoms with Gasteiger partial charge in [0, 0.05) is 51.0 Å². The van der Waals surface area contributed by atoms with Crippen LogP contribution in [-0.4, -0.2) is 53.4 Å². The summed E-state index contributed by atoms with van der Waals surface area (Å²) in [6.07, 6.45) is 1.75. The Morgan fingerprint density at radius 2 is 1.89 bits per heavy atom. The Bertz CT molecular complexity index is 531. The molecule has 0 spiro atoms. The Labute approximate surface area is 113 Å². The maximum Gasteiger partial charge on any atom is 0.0845 e. The van der Waals surface area contributed by atoms with Gasteiger partial charge in [0.1, 0.15) is 0 Å². The third kappa shape index (κ3) is 2.97. The first-order valence-electron chi connectivity index (χ1n) is 6.98. The molecule has 1 saturated heterocycles. The summed E-state index contributed by atoms with van der Waals surface area (Å²) in [5.41, 5.74) is 1.20. The van der Waals surface area contributed by atoms with Crippen LogP contribution in [0.1, 0.15) is 0 Å². The van der Waals surface area contributed by atoms with Gasteiger partial charge in [0.15, 0.2) is 0 Å². The molecule has 1 fully saturated rings. The van der Waals surface area contributed by atoms with Gasteiger partial charge in [-0.3, -0.25) is 4.90 Å². The number of hydrogen-bond acceptors (Lipinski definition) is 3. The average molecular weight is 259 g/mol. The highest BCUT2D eigenvalue weighted by atomic mass is 16.3.